The molecule has 2 heterocycles. The summed E-state index contributed by atoms with van der Waals surface area (Å²) in [4.78, 5) is 18.5. The van der Waals surface area contributed by atoms with Gasteiger partial charge in [-0.15, -0.1) is 0 Å². The Morgan fingerprint density at radius 1 is 1.65 bits per heavy atom. The van der Waals surface area contributed by atoms with E-state index in [9.17, 15) is 4.79 Å². The minimum Gasteiger partial charge on any atom is -0.382 e. The number of rotatable bonds is 4. The van der Waals surface area contributed by atoms with Gasteiger partial charge in [0.2, 0.25) is 0 Å². The third-order valence-electron chi connectivity index (χ3n) is 2.17. The van der Waals surface area contributed by atoms with E-state index in [1.54, 1.807) is 19.6 Å². The van der Waals surface area contributed by atoms with Crippen LogP contribution in [0.1, 0.15) is 16.1 Å². The van der Waals surface area contributed by atoms with Gasteiger partial charge in [0.05, 0.1) is 18.6 Å². The van der Waals surface area contributed by atoms with Crippen LogP contribution in [-0.2, 0) is 6.54 Å². The minimum atomic E-state index is -0.247. The number of amides is 1. The highest BCUT2D eigenvalue weighted by molar-refractivity contribution is 7.11. The maximum atomic E-state index is 11.6. The number of aromatic nitrogens is 3. The van der Waals surface area contributed by atoms with Gasteiger partial charge in [-0.25, -0.2) is 4.98 Å². The number of nitrogens with one attached hydrogen (secondary N) is 3. The molecule has 0 bridgehead atoms. The van der Waals surface area contributed by atoms with Crippen LogP contribution in [0.15, 0.2) is 12.5 Å². The van der Waals surface area contributed by atoms with Gasteiger partial charge in [-0.1, -0.05) is 0 Å². The van der Waals surface area contributed by atoms with E-state index in [0.29, 0.717) is 17.1 Å². The number of anilines is 2. The largest absolute Gasteiger partial charge is 0.382 e. The van der Waals surface area contributed by atoms with Crippen molar-refractivity contribution in [3.8, 4) is 0 Å². The highest BCUT2D eigenvalue weighted by Gasteiger charge is 2.17. The van der Waals surface area contributed by atoms with Crippen molar-refractivity contribution in [3.63, 3.8) is 0 Å². The van der Waals surface area contributed by atoms with E-state index in [-0.39, 0.29) is 11.7 Å². The molecule has 90 valence electrons. The number of nitrogens with two attached hydrogens (primary N) is 1. The van der Waals surface area contributed by atoms with E-state index in [4.69, 9.17) is 5.73 Å². The van der Waals surface area contributed by atoms with Gasteiger partial charge in [0.15, 0.2) is 5.82 Å². The van der Waals surface area contributed by atoms with E-state index in [2.05, 4.69) is 25.0 Å². The summed E-state index contributed by atoms with van der Waals surface area (Å²) in [5, 5.41) is 6.27. The molecule has 2 aromatic rings. The summed E-state index contributed by atoms with van der Waals surface area (Å²) < 4.78 is 3.96. The predicted molar refractivity (Wildman–Crippen MR) is 65.8 cm³/mol. The fraction of sp³-hybridized carbons (Fsp3) is 0.222. The Kier molecular flexibility index (Phi) is 3.24. The number of hydrogen-bond acceptors (Lipinski definition) is 6. The predicted octanol–water partition coefficient (Wildman–Crippen LogP) is 0.420. The van der Waals surface area contributed by atoms with Crippen LogP contribution in [0.2, 0.25) is 0 Å². The normalized spacial score (nSPS) is 10.2. The number of nitrogens with zero attached hydrogens (tertiary/aromatic N) is 2. The zero-order chi connectivity index (χ0) is 12.3. The zero-order valence-electron chi connectivity index (χ0n) is 9.15. The number of H-pyrrole nitrogens is 1. The number of hydrogen-bond donors (Lipinski definition) is 4. The van der Waals surface area contributed by atoms with Crippen molar-refractivity contribution in [1.29, 1.82) is 0 Å². The summed E-state index contributed by atoms with van der Waals surface area (Å²) in [6, 6.07) is 0. The molecule has 0 aromatic carbocycles. The summed E-state index contributed by atoms with van der Waals surface area (Å²) in [6.07, 6.45) is 3.30. The maximum Gasteiger partial charge on any atom is 0.257 e. The van der Waals surface area contributed by atoms with Crippen LogP contribution < -0.4 is 16.4 Å². The summed E-state index contributed by atoms with van der Waals surface area (Å²) in [6.45, 7) is 0.533. The molecule has 1 amide bonds. The lowest BCUT2D eigenvalue weighted by atomic mass is 10.3. The van der Waals surface area contributed by atoms with E-state index in [1.807, 2.05) is 0 Å². The topological polar surface area (TPSA) is 109 Å². The van der Waals surface area contributed by atoms with Gasteiger partial charge in [-0.05, 0) is 11.5 Å². The highest BCUT2D eigenvalue weighted by atomic mass is 32.1. The van der Waals surface area contributed by atoms with Gasteiger partial charge in [0, 0.05) is 13.2 Å². The van der Waals surface area contributed by atoms with Gasteiger partial charge in [-0.3, -0.25) is 4.79 Å². The summed E-state index contributed by atoms with van der Waals surface area (Å²) in [5.41, 5.74) is 6.95. The monoisotopic (exact) mass is 252 g/mol. The molecule has 0 aliphatic heterocycles. The molecule has 0 atom stereocenters. The molecular weight excluding hydrogens is 240 g/mol. The van der Waals surface area contributed by atoms with Crippen LogP contribution in [0.3, 0.4) is 0 Å². The fourth-order valence-corrected chi connectivity index (χ4v) is 2.03. The number of aromatic amines is 1. The Balaban J connectivity index is 2.13. The molecule has 0 aliphatic rings. The molecule has 0 aliphatic carbocycles. The van der Waals surface area contributed by atoms with E-state index in [1.165, 1.54) is 0 Å². The van der Waals surface area contributed by atoms with Crippen LogP contribution in [0, 0.1) is 0 Å². The lowest BCUT2D eigenvalue weighted by Crippen LogP contribution is -2.20. The molecule has 0 fully saturated rings. The quantitative estimate of drug-likeness (QED) is 0.630. The second-order valence-electron chi connectivity index (χ2n) is 3.28. The average Bonchev–Trinajstić information content (AvgIpc) is 2.95. The standard InChI is InChI=1S/C9H12N6OS/c1-11-8(16)6-7(10)15-17-9(6)13-3-5-2-12-4-14-5/h2,4,13H,3H2,1H3,(H2,10,15)(H,11,16)(H,12,14). The molecule has 17 heavy (non-hydrogen) atoms. The zero-order valence-corrected chi connectivity index (χ0v) is 9.97. The number of carbonyl (C=O) groups excluding carboxylic acids is 1. The smallest absolute Gasteiger partial charge is 0.257 e. The molecular formula is C9H12N6OS. The second-order valence-corrected chi connectivity index (χ2v) is 4.05. The minimum absolute atomic E-state index is 0.237. The summed E-state index contributed by atoms with van der Waals surface area (Å²) in [5.74, 6) is -0.00942. The molecule has 5 N–H and O–H groups in total. The lowest BCUT2D eigenvalue weighted by Gasteiger charge is -2.04. The Hall–Kier alpha value is -2.09. The summed E-state index contributed by atoms with van der Waals surface area (Å²) in [7, 11) is 1.55. The van der Waals surface area contributed by atoms with E-state index >= 15 is 0 Å². The van der Waals surface area contributed by atoms with Gasteiger partial charge in [0.25, 0.3) is 5.91 Å². The molecule has 0 radical (unpaired) electrons. The van der Waals surface area contributed by atoms with Crippen molar-refractivity contribution < 1.29 is 4.79 Å². The molecule has 0 unspecified atom stereocenters. The van der Waals surface area contributed by atoms with Crippen molar-refractivity contribution in [1.82, 2.24) is 19.7 Å². The SMILES string of the molecule is CNC(=O)c1c(N)nsc1NCc1cnc[nH]1. The van der Waals surface area contributed by atoms with E-state index in [0.717, 1.165) is 17.2 Å². The number of imidazole rings is 1. The third-order valence-corrected chi connectivity index (χ3v) is 2.99. The second kappa shape index (κ2) is 4.83. The van der Waals surface area contributed by atoms with Gasteiger partial charge < -0.3 is 21.4 Å². The van der Waals surface area contributed by atoms with Crippen molar-refractivity contribution in [2.24, 2.45) is 0 Å². The first-order valence-electron chi connectivity index (χ1n) is 4.90. The molecule has 0 saturated heterocycles. The maximum absolute atomic E-state index is 11.6. The van der Waals surface area contributed by atoms with Crippen LogP contribution >= 0.6 is 11.5 Å². The number of carbonyl (C=O) groups is 1. The molecule has 2 rings (SSSR count). The average molecular weight is 252 g/mol. The van der Waals surface area contributed by atoms with Crippen molar-refractivity contribution in [3.05, 3.63) is 23.8 Å². The molecule has 0 spiro atoms. The first-order chi connectivity index (χ1) is 8.22. The fourth-order valence-electron chi connectivity index (χ4n) is 1.32. The first kappa shape index (κ1) is 11.4. The van der Waals surface area contributed by atoms with Crippen molar-refractivity contribution in [2.75, 3.05) is 18.1 Å². The Morgan fingerprint density at radius 3 is 3.12 bits per heavy atom. The van der Waals surface area contributed by atoms with Gasteiger partial charge in [0.1, 0.15) is 10.6 Å². The number of nitrogen functional groups attached to an aromatic ring is 1. The molecule has 2 aromatic heterocycles. The van der Waals surface area contributed by atoms with Gasteiger partial charge in [-0.2, -0.15) is 4.37 Å². The van der Waals surface area contributed by atoms with E-state index < -0.39 is 0 Å². The van der Waals surface area contributed by atoms with Crippen LogP contribution in [0.5, 0.6) is 0 Å². The lowest BCUT2D eigenvalue weighted by molar-refractivity contribution is 0.0965. The first-order valence-corrected chi connectivity index (χ1v) is 5.68. The third kappa shape index (κ3) is 2.36. The Bertz CT molecular complexity index is 506. The van der Waals surface area contributed by atoms with Crippen molar-refractivity contribution >= 4 is 28.3 Å². The van der Waals surface area contributed by atoms with Crippen LogP contribution in [0.4, 0.5) is 10.8 Å². The highest BCUT2D eigenvalue weighted by Crippen LogP contribution is 2.26. The summed E-state index contributed by atoms with van der Waals surface area (Å²) >= 11 is 1.16. The molecule has 7 nitrogen and oxygen atoms in total. The van der Waals surface area contributed by atoms with Gasteiger partial charge >= 0.3 is 0 Å². The van der Waals surface area contributed by atoms with Crippen LogP contribution in [-0.4, -0.2) is 27.3 Å². The van der Waals surface area contributed by atoms with Crippen LogP contribution in [0.25, 0.3) is 0 Å². The Labute approximate surface area is 102 Å². The molecule has 0 saturated carbocycles. The molecule has 8 heteroatoms. The van der Waals surface area contributed by atoms with Crippen molar-refractivity contribution in [2.45, 2.75) is 6.54 Å². The Morgan fingerprint density at radius 2 is 2.47 bits per heavy atom.